The molecule has 1 saturated heterocycles. The predicted octanol–water partition coefficient (Wildman–Crippen LogP) is 2.15. The van der Waals surface area contributed by atoms with Crippen LogP contribution in [0.4, 0.5) is 5.82 Å². The van der Waals surface area contributed by atoms with Gasteiger partial charge in [-0.3, -0.25) is 4.79 Å². The molecule has 0 unspecified atom stereocenters. The third-order valence-corrected chi connectivity index (χ3v) is 5.90. The van der Waals surface area contributed by atoms with Crippen molar-refractivity contribution in [2.45, 2.75) is 38.6 Å². The third-order valence-electron chi connectivity index (χ3n) is 5.90. The van der Waals surface area contributed by atoms with Crippen molar-refractivity contribution in [1.29, 1.82) is 0 Å². The van der Waals surface area contributed by atoms with Crippen LogP contribution in [0.15, 0.2) is 36.7 Å². The molecule has 0 atom stereocenters. The first-order valence-corrected chi connectivity index (χ1v) is 10.1. The molecular formula is C21H24N6O. The van der Waals surface area contributed by atoms with E-state index < -0.39 is 0 Å². The van der Waals surface area contributed by atoms with Crippen LogP contribution in [0.3, 0.4) is 0 Å². The molecule has 1 N–H and O–H groups in total. The number of benzene rings is 1. The lowest BCUT2D eigenvalue weighted by Crippen LogP contribution is -2.41. The second-order valence-corrected chi connectivity index (χ2v) is 7.65. The van der Waals surface area contributed by atoms with Gasteiger partial charge < -0.3 is 10.2 Å². The number of nitrogens with zero attached hydrogens (tertiary/aromatic N) is 5. The van der Waals surface area contributed by atoms with Crippen LogP contribution in [0.5, 0.6) is 0 Å². The molecule has 0 spiro atoms. The molecule has 0 radical (unpaired) electrons. The maximum Gasteiger partial charge on any atom is 0.254 e. The number of anilines is 1. The van der Waals surface area contributed by atoms with Gasteiger partial charge in [-0.25, -0.2) is 4.98 Å². The van der Waals surface area contributed by atoms with Crippen LogP contribution in [-0.4, -0.2) is 38.6 Å². The first-order valence-electron chi connectivity index (χ1n) is 10.1. The first kappa shape index (κ1) is 17.2. The van der Waals surface area contributed by atoms with Crippen LogP contribution in [0.25, 0.3) is 5.78 Å². The molecule has 7 nitrogen and oxygen atoms in total. The summed E-state index contributed by atoms with van der Waals surface area (Å²) in [4.78, 5) is 23.9. The van der Waals surface area contributed by atoms with Crippen LogP contribution in [-0.2, 0) is 24.2 Å². The van der Waals surface area contributed by atoms with Gasteiger partial charge >= 0.3 is 0 Å². The Hall–Kier alpha value is -2.96. The van der Waals surface area contributed by atoms with E-state index in [2.05, 4.69) is 25.3 Å². The molecular weight excluding hydrogens is 352 g/mol. The highest BCUT2D eigenvalue weighted by Gasteiger charge is 2.30. The lowest BCUT2D eigenvalue weighted by molar-refractivity contribution is -0.125. The molecule has 144 valence electrons. The van der Waals surface area contributed by atoms with Crippen LogP contribution >= 0.6 is 0 Å². The van der Waals surface area contributed by atoms with Gasteiger partial charge in [0.1, 0.15) is 12.1 Å². The fourth-order valence-electron chi connectivity index (χ4n) is 4.41. The molecule has 3 aromatic rings. The van der Waals surface area contributed by atoms with Crippen molar-refractivity contribution >= 4 is 17.5 Å². The SMILES string of the molecule is O=C(NCc1ccccc1)C1CCN(c2c3c(nc4ncnn24)CCC3)CC1. The molecule has 7 heteroatoms. The summed E-state index contributed by atoms with van der Waals surface area (Å²) >= 11 is 0. The van der Waals surface area contributed by atoms with E-state index in [1.54, 1.807) is 6.33 Å². The van der Waals surface area contributed by atoms with Crippen molar-refractivity contribution in [2.24, 2.45) is 5.92 Å². The highest BCUT2D eigenvalue weighted by molar-refractivity contribution is 5.79. The summed E-state index contributed by atoms with van der Waals surface area (Å²) in [5.41, 5.74) is 3.61. The van der Waals surface area contributed by atoms with Gasteiger partial charge in [0.05, 0.1) is 5.69 Å². The minimum atomic E-state index is 0.0704. The molecule has 5 rings (SSSR count). The van der Waals surface area contributed by atoms with Crippen molar-refractivity contribution in [2.75, 3.05) is 18.0 Å². The Bertz CT molecular complexity index is 991. The number of hydrogen-bond acceptors (Lipinski definition) is 5. The summed E-state index contributed by atoms with van der Waals surface area (Å²) in [6.07, 6.45) is 6.49. The molecule has 1 amide bonds. The number of nitrogens with one attached hydrogen (secondary N) is 1. The average molecular weight is 376 g/mol. The monoisotopic (exact) mass is 376 g/mol. The Morgan fingerprint density at radius 1 is 1.14 bits per heavy atom. The van der Waals surface area contributed by atoms with Crippen molar-refractivity contribution in [3.63, 3.8) is 0 Å². The number of rotatable bonds is 4. The maximum atomic E-state index is 12.6. The molecule has 1 fully saturated rings. The summed E-state index contributed by atoms with van der Waals surface area (Å²) in [6, 6.07) is 10.1. The quantitative estimate of drug-likeness (QED) is 0.755. The van der Waals surface area contributed by atoms with Gasteiger partial charge in [0.25, 0.3) is 5.78 Å². The molecule has 0 saturated carbocycles. The van der Waals surface area contributed by atoms with E-state index in [0.717, 1.165) is 56.6 Å². The number of aryl methyl sites for hydroxylation is 1. The van der Waals surface area contributed by atoms with Gasteiger partial charge in [-0.05, 0) is 37.7 Å². The molecule has 28 heavy (non-hydrogen) atoms. The van der Waals surface area contributed by atoms with Crippen molar-refractivity contribution in [3.8, 4) is 0 Å². The zero-order chi connectivity index (χ0) is 18.9. The van der Waals surface area contributed by atoms with E-state index in [0.29, 0.717) is 12.3 Å². The fourth-order valence-corrected chi connectivity index (χ4v) is 4.41. The average Bonchev–Trinajstić information content (AvgIpc) is 3.40. The summed E-state index contributed by atoms with van der Waals surface area (Å²) in [5, 5.41) is 7.51. The summed E-state index contributed by atoms with van der Waals surface area (Å²) < 4.78 is 1.87. The minimum Gasteiger partial charge on any atom is -0.356 e. The fraction of sp³-hybridized carbons (Fsp3) is 0.429. The molecule has 2 aromatic heterocycles. The van der Waals surface area contributed by atoms with Crippen molar-refractivity contribution in [1.82, 2.24) is 24.9 Å². The predicted molar refractivity (Wildman–Crippen MR) is 106 cm³/mol. The van der Waals surface area contributed by atoms with E-state index in [4.69, 9.17) is 0 Å². The van der Waals surface area contributed by atoms with Crippen LogP contribution in [0.2, 0.25) is 0 Å². The van der Waals surface area contributed by atoms with Gasteiger partial charge in [0, 0.05) is 31.1 Å². The van der Waals surface area contributed by atoms with E-state index in [-0.39, 0.29) is 11.8 Å². The van der Waals surface area contributed by atoms with Crippen molar-refractivity contribution < 1.29 is 4.79 Å². The summed E-state index contributed by atoms with van der Waals surface area (Å²) in [5.74, 6) is 2.05. The Balaban J connectivity index is 1.27. The summed E-state index contributed by atoms with van der Waals surface area (Å²) in [6.45, 7) is 2.31. The molecule has 3 heterocycles. The molecule has 1 aromatic carbocycles. The number of carbonyl (C=O) groups is 1. The number of aromatic nitrogens is 4. The minimum absolute atomic E-state index is 0.0704. The highest BCUT2D eigenvalue weighted by atomic mass is 16.1. The van der Waals surface area contributed by atoms with E-state index >= 15 is 0 Å². The van der Waals surface area contributed by atoms with Crippen LogP contribution < -0.4 is 10.2 Å². The lowest BCUT2D eigenvalue weighted by Gasteiger charge is -2.34. The lowest BCUT2D eigenvalue weighted by atomic mass is 9.95. The number of carbonyl (C=O) groups excluding carboxylic acids is 1. The first-order chi connectivity index (χ1) is 13.8. The smallest absolute Gasteiger partial charge is 0.254 e. The Morgan fingerprint density at radius 3 is 2.79 bits per heavy atom. The summed E-state index contributed by atoms with van der Waals surface area (Å²) in [7, 11) is 0. The number of amides is 1. The van der Waals surface area contributed by atoms with Gasteiger partial charge in [-0.2, -0.15) is 14.6 Å². The second kappa shape index (κ2) is 7.22. The van der Waals surface area contributed by atoms with E-state index in [9.17, 15) is 4.79 Å². The Kier molecular flexibility index (Phi) is 4.43. The molecule has 2 aliphatic rings. The van der Waals surface area contributed by atoms with Crippen LogP contribution in [0, 0.1) is 5.92 Å². The Morgan fingerprint density at radius 2 is 1.96 bits per heavy atom. The molecule has 1 aliphatic carbocycles. The van der Waals surface area contributed by atoms with Crippen LogP contribution in [0.1, 0.15) is 36.1 Å². The standard InChI is InChI=1S/C21H24N6O/c28-19(22-13-15-5-2-1-3-6-15)16-9-11-26(12-10-16)20-17-7-4-8-18(17)25-21-23-14-24-27(20)21/h1-3,5-6,14,16H,4,7-13H2,(H,22,28). The van der Waals surface area contributed by atoms with Gasteiger partial charge in [0.15, 0.2) is 0 Å². The number of fused-ring (bicyclic) bond motifs is 2. The van der Waals surface area contributed by atoms with E-state index in [1.165, 1.54) is 11.3 Å². The zero-order valence-corrected chi connectivity index (χ0v) is 15.8. The van der Waals surface area contributed by atoms with Gasteiger partial charge in [-0.1, -0.05) is 30.3 Å². The maximum absolute atomic E-state index is 12.6. The van der Waals surface area contributed by atoms with Gasteiger partial charge in [-0.15, -0.1) is 0 Å². The Labute approximate surface area is 163 Å². The second-order valence-electron chi connectivity index (χ2n) is 7.65. The molecule has 1 aliphatic heterocycles. The highest BCUT2D eigenvalue weighted by Crippen LogP contribution is 2.32. The molecule has 0 bridgehead atoms. The number of hydrogen-bond donors (Lipinski definition) is 1. The normalized spacial score (nSPS) is 17.1. The number of piperidine rings is 1. The topological polar surface area (TPSA) is 75.4 Å². The van der Waals surface area contributed by atoms with Gasteiger partial charge in [0.2, 0.25) is 5.91 Å². The largest absolute Gasteiger partial charge is 0.356 e. The third kappa shape index (κ3) is 3.10. The zero-order valence-electron chi connectivity index (χ0n) is 15.8. The van der Waals surface area contributed by atoms with E-state index in [1.807, 2.05) is 34.8 Å². The van der Waals surface area contributed by atoms with Crippen molar-refractivity contribution in [3.05, 3.63) is 53.5 Å².